The second kappa shape index (κ2) is 4.50. The fraction of sp³-hybridized carbons (Fsp3) is 0.556. The quantitative estimate of drug-likeness (QED) is 0.837. The summed E-state index contributed by atoms with van der Waals surface area (Å²) in [5.41, 5.74) is 1.93. The van der Waals surface area contributed by atoms with E-state index < -0.39 is 9.84 Å². The van der Waals surface area contributed by atoms with Crippen molar-refractivity contribution in [1.82, 2.24) is 10.3 Å². The largest absolute Gasteiger partial charge is 0.347 e. The first-order valence-corrected chi connectivity index (χ1v) is 7.73. The van der Waals surface area contributed by atoms with Crippen LogP contribution in [0.3, 0.4) is 0 Å². The fourth-order valence-electron chi connectivity index (χ4n) is 1.72. The number of amides is 1. The molecule has 1 fully saturated rings. The highest BCUT2D eigenvalue weighted by molar-refractivity contribution is 7.91. The van der Waals surface area contributed by atoms with E-state index in [4.69, 9.17) is 0 Å². The second-order valence-corrected chi connectivity index (χ2v) is 6.75. The maximum Gasteiger partial charge on any atom is 0.270 e. The lowest BCUT2D eigenvalue weighted by atomic mass is 10.2. The van der Waals surface area contributed by atoms with Gasteiger partial charge in [-0.2, -0.15) is 0 Å². The molecule has 7 heteroatoms. The third-order valence-corrected chi connectivity index (χ3v) is 4.87. The molecule has 1 aromatic heterocycles. The molecule has 1 saturated heterocycles. The van der Waals surface area contributed by atoms with Crippen molar-refractivity contribution < 1.29 is 13.2 Å². The molecule has 0 aliphatic carbocycles. The molecule has 5 nitrogen and oxygen atoms in total. The molecular formula is C9H12N2O3S2. The van der Waals surface area contributed by atoms with Gasteiger partial charge in [-0.3, -0.25) is 4.79 Å². The smallest absolute Gasteiger partial charge is 0.270 e. The molecule has 1 aliphatic rings. The SMILES string of the molecule is O=C(NC1CCCS(=O)(=O)C1)c1cscn1. The summed E-state index contributed by atoms with van der Waals surface area (Å²) in [6.07, 6.45) is 1.33. The molecule has 16 heavy (non-hydrogen) atoms. The molecule has 2 heterocycles. The Morgan fingerprint density at radius 3 is 3.00 bits per heavy atom. The lowest BCUT2D eigenvalue weighted by Crippen LogP contribution is -2.43. The van der Waals surface area contributed by atoms with Gasteiger partial charge in [-0.15, -0.1) is 11.3 Å². The normalized spacial score (nSPS) is 23.9. The average molecular weight is 260 g/mol. The first-order valence-electron chi connectivity index (χ1n) is 4.96. The fourth-order valence-corrected chi connectivity index (χ4v) is 3.89. The number of sulfone groups is 1. The van der Waals surface area contributed by atoms with Crippen LogP contribution in [0.2, 0.25) is 0 Å². The number of hydrogen-bond donors (Lipinski definition) is 1. The van der Waals surface area contributed by atoms with Gasteiger partial charge in [0.2, 0.25) is 0 Å². The summed E-state index contributed by atoms with van der Waals surface area (Å²) in [6.45, 7) is 0. The monoisotopic (exact) mass is 260 g/mol. The van der Waals surface area contributed by atoms with Gasteiger partial charge in [-0.05, 0) is 12.8 Å². The molecule has 0 aromatic carbocycles. The summed E-state index contributed by atoms with van der Waals surface area (Å²) in [6, 6.07) is -0.270. The third kappa shape index (κ3) is 2.79. The Bertz CT molecular complexity index is 467. The van der Waals surface area contributed by atoms with Crippen LogP contribution in [0.5, 0.6) is 0 Å². The predicted molar refractivity (Wildman–Crippen MR) is 61.3 cm³/mol. The van der Waals surface area contributed by atoms with Crippen LogP contribution in [0.4, 0.5) is 0 Å². The molecule has 0 bridgehead atoms. The summed E-state index contributed by atoms with van der Waals surface area (Å²) in [7, 11) is -2.98. The second-order valence-electron chi connectivity index (χ2n) is 3.80. The minimum atomic E-state index is -2.98. The van der Waals surface area contributed by atoms with Crippen LogP contribution in [0, 0.1) is 0 Å². The molecule has 0 saturated carbocycles. The van der Waals surface area contributed by atoms with E-state index in [9.17, 15) is 13.2 Å². The van der Waals surface area contributed by atoms with Crippen molar-refractivity contribution in [1.29, 1.82) is 0 Å². The maximum absolute atomic E-state index is 11.6. The van der Waals surface area contributed by atoms with Crippen LogP contribution < -0.4 is 5.32 Å². The number of aromatic nitrogens is 1. The minimum absolute atomic E-state index is 0.0445. The number of nitrogens with one attached hydrogen (secondary N) is 1. The topological polar surface area (TPSA) is 76.1 Å². The Balaban J connectivity index is 1.98. The van der Waals surface area contributed by atoms with Crippen LogP contribution in [-0.2, 0) is 9.84 Å². The van der Waals surface area contributed by atoms with Crippen molar-refractivity contribution in [2.75, 3.05) is 11.5 Å². The molecule has 1 amide bonds. The average Bonchev–Trinajstić information content (AvgIpc) is 2.68. The number of thiazole rings is 1. The van der Waals surface area contributed by atoms with Crippen molar-refractivity contribution in [3.63, 3.8) is 0 Å². The van der Waals surface area contributed by atoms with Gasteiger partial charge in [0.1, 0.15) is 5.69 Å². The molecule has 1 aromatic rings. The van der Waals surface area contributed by atoms with E-state index in [1.165, 1.54) is 11.3 Å². The van der Waals surface area contributed by atoms with Crippen LogP contribution >= 0.6 is 11.3 Å². The van der Waals surface area contributed by atoms with Gasteiger partial charge >= 0.3 is 0 Å². The van der Waals surface area contributed by atoms with E-state index in [-0.39, 0.29) is 23.5 Å². The van der Waals surface area contributed by atoms with Crippen LogP contribution in [0.1, 0.15) is 23.3 Å². The summed E-state index contributed by atoms with van der Waals surface area (Å²) in [4.78, 5) is 15.5. The van der Waals surface area contributed by atoms with Gasteiger partial charge in [-0.25, -0.2) is 13.4 Å². The molecule has 2 rings (SSSR count). The Morgan fingerprint density at radius 2 is 2.38 bits per heavy atom. The molecule has 0 spiro atoms. The first-order chi connectivity index (χ1) is 7.57. The number of carbonyl (C=O) groups is 1. The van der Waals surface area contributed by atoms with Crippen molar-refractivity contribution >= 4 is 27.1 Å². The molecule has 0 radical (unpaired) electrons. The van der Waals surface area contributed by atoms with E-state index >= 15 is 0 Å². The number of rotatable bonds is 2. The first kappa shape index (κ1) is 11.5. The van der Waals surface area contributed by atoms with E-state index in [1.807, 2.05) is 0 Å². The van der Waals surface area contributed by atoms with Crippen molar-refractivity contribution in [3.05, 3.63) is 16.6 Å². The molecule has 88 valence electrons. The lowest BCUT2D eigenvalue weighted by molar-refractivity contribution is 0.0934. The van der Waals surface area contributed by atoms with Gasteiger partial charge in [0.05, 0.1) is 17.0 Å². The van der Waals surface area contributed by atoms with E-state index in [0.29, 0.717) is 12.1 Å². The van der Waals surface area contributed by atoms with Crippen molar-refractivity contribution in [3.8, 4) is 0 Å². The number of hydrogen-bond acceptors (Lipinski definition) is 5. The molecule has 1 N–H and O–H groups in total. The number of carbonyl (C=O) groups excluding carboxylic acids is 1. The molecule has 1 atom stereocenters. The summed E-state index contributed by atoms with van der Waals surface area (Å²) < 4.78 is 22.7. The van der Waals surface area contributed by atoms with Crippen molar-refractivity contribution in [2.24, 2.45) is 0 Å². The maximum atomic E-state index is 11.6. The summed E-state index contributed by atoms with van der Waals surface area (Å²) in [5.74, 6) is -0.0118. The molecular weight excluding hydrogens is 248 g/mol. The van der Waals surface area contributed by atoms with E-state index in [0.717, 1.165) is 6.42 Å². The lowest BCUT2D eigenvalue weighted by Gasteiger charge is -2.22. The van der Waals surface area contributed by atoms with Crippen LogP contribution in [-0.4, -0.2) is 36.9 Å². The zero-order chi connectivity index (χ0) is 11.6. The van der Waals surface area contributed by atoms with Gasteiger partial charge < -0.3 is 5.32 Å². The van der Waals surface area contributed by atoms with Gasteiger partial charge in [0.25, 0.3) is 5.91 Å². The Hall–Kier alpha value is -0.950. The van der Waals surface area contributed by atoms with Crippen molar-refractivity contribution in [2.45, 2.75) is 18.9 Å². The highest BCUT2D eigenvalue weighted by atomic mass is 32.2. The third-order valence-electron chi connectivity index (χ3n) is 2.46. The Morgan fingerprint density at radius 1 is 1.56 bits per heavy atom. The minimum Gasteiger partial charge on any atom is -0.347 e. The zero-order valence-corrected chi connectivity index (χ0v) is 10.2. The molecule has 1 aliphatic heterocycles. The molecule has 1 unspecified atom stereocenters. The Kier molecular flexibility index (Phi) is 3.25. The van der Waals surface area contributed by atoms with Gasteiger partial charge in [-0.1, -0.05) is 0 Å². The predicted octanol–water partition coefficient (Wildman–Crippen LogP) is 0.450. The number of nitrogens with zero attached hydrogens (tertiary/aromatic N) is 1. The van der Waals surface area contributed by atoms with Crippen LogP contribution in [0.15, 0.2) is 10.9 Å². The Labute approximate surface area is 97.8 Å². The van der Waals surface area contributed by atoms with Gasteiger partial charge in [0.15, 0.2) is 9.84 Å². The van der Waals surface area contributed by atoms with E-state index in [2.05, 4.69) is 10.3 Å². The summed E-state index contributed by atoms with van der Waals surface area (Å²) in [5, 5.41) is 4.35. The highest BCUT2D eigenvalue weighted by Crippen LogP contribution is 2.12. The summed E-state index contributed by atoms with van der Waals surface area (Å²) >= 11 is 1.34. The van der Waals surface area contributed by atoms with Crippen LogP contribution in [0.25, 0.3) is 0 Å². The van der Waals surface area contributed by atoms with E-state index in [1.54, 1.807) is 10.9 Å². The van der Waals surface area contributed by atoms with Gasteiger partial charge in [0, 0.05) is 11.4 Å². The highest BCUT2D eigenvalue weighted by Gasteiger charge is 2.26. The zero-order valence-electron chi connectivity index (χ0n) is 8.55. The standard InChI is InChI=1S/C9H12N2O3S2/c12-9(8-4-15-6-10-8)11-7-2-1-3-16(13,14)5-7/h4,6-7H,1-3,5H2,(H,11,12).